The number of halogens is 2. The average Bonchev–Trinajstić information content (AvgIpc) is 2.13. The summed E-state index contributed by atoms with van der Waals surface area (Å²) in [7, 11) is -2.23. The van der Waals surface area contributed by atoms with Crippen LogP contribution in [0.1, 0.15) is 6.92 Å². The van der Waals surface area contributed by atoms with E-state index in [1.807, 2.05) is 0 Å². The van der Waals surface area contributed by atoms with Crippen LogP contribution in [0.3, 0.4) is 0 Å². The van der Waals surface area contributed by atoms with Gasteiger partial charge < -0.3 is 4.74 Å². The number of carbonyl (C=O) groups excluding carboxylic acids is 1. The van der Waals surface area contributed by atoms with Crippen LogP contribution in [0.2, 0.25) is 0 Å². The highest BCUT2D eigenvalue weighted by molar-refractivity contribution is 14.2. The lowest BCUT2D eigenvalue weighted by Gasteiger charge is -2.07. The first kappa shape index (κ1) is 18.2. The molecule has 0 rings (SSSR count). The van der Waals surface area contributed by atoms with Gasteiger partial charge in [0.15, 0.2) is 0 Å². The van der Waals surface area contributed by atoms with E-state index in [2.05, 4.69) is 54.1 Å². The van der Waals surface area contributed by atoms with Crippen LogP contribution in [0.25, 0.3) is 0 Å². The molecule has 0 aliphatic rings. The van der Waals surface area contributed by atoms with E-state index in [9.17, 15) is 13.2 Å². The molecule has 0 spiro atoms. The van der Waals surface area contributed by atoms with Crippen molar-refractivity contribution in [3.8, 4) is 0 Å². The maximum absolute atomic E-state index is 10.7. The third-order valence-electron chi connectivity index (χ3n) is 1.14. The van der Waals surface area contributed by atoms with Crippen LogP contribution in [-0.4, -0.2) is 36.8 Å². The minimum absolute atomic E-state index is 0.175. The summed E-state index contributed by atoms with van der Waals surface area (Å²) in [6.45, 7) is 1.35. The summed E-state index contributed by atoms with van der Waals surface area (Å²) < 4.78 is 30.9. The van der Waals surface area contributed by atoms with Gasteiger partial charge in [-0.15, -0.1) is 0 Å². The van der Waals surface area contributed by atoms with Gasteiger partial charge in [-0.2, -0.15) is 8.42 Å². The number of alkyl halides is 2. The fourth-order valence-electron chi connectivity index (χ4n) is 0.495. The summed E-state index contributed by atoms with van der Waals surface area (Å²) in [5, 5.41) is 0. The fraction of sp³-hybridized carbons (Fsp3) is 0.857. The lowest BCUT2D eigenvalue weighted by Crippen LogP contribution is -2.20. The van der Waals surface area contributed by atoms with Gasteiger partial charge in [-0.25, -0.2) is 0 Å². The first-order valence-corrected chi connectivity index (χ1v) is 8.69. The van der Waals surface area contributed by atoms with Crippen molar-refractivity contribution in [1.82, 2.24) is 0 Å². The second-order valence-corrected chi connectivity index (χ2v) is 8.60. The molecule has 0 unspecified atom stereocenters. The number of hydrogen-bond acceptors (Lipinski definition) is 5. The van der Waals surface area contributed by atoms with Gasteiger partial charge in [-0.05, 0) is 6.92 Å². The van der Waals surface area contributed by atoms with Crippen molar-refractivity contribution in [1.29, 1.82) is 0 Å². The molecule has 0 aliphatic heterocycles. The van der Waals surface area contributed by atoms with E-state index in [4.69, 9.17) is 0 Å². The lowest BCUT2D eigenvalue weighted by molar-refractivity contribution is -0.145. The van der Waals surface area contributed by atoms with E-state index in [0.29, 0.717) is 0 Å². The molecule has 0 aromatic rings. The predicted molar refractivity (Wildman–Crippen MR) is 74.9 cm³/mol. The minimum Gasteiger partial charge on any atom is -0.469 e. The quantitative estimate of drug-likeness (QED) is 0.274. The normalized spacial score (nSPS) is 12.3. The summed E-state index contributed by atoms with van der Waals surface area (Å²) in [4.78, 5) is 10.7. The van der Waals surface area contributed by atoms with E-state index in [1.54, 1.807) is 0 Å². The molecule has 8 heteroatoms. The van der Waals surface area contributed by atoms with Crippen molar-refractivity contribution in [2.75, 3.05) is 22.4 Å². The van der Waals surface area contributed by atoms with Crippen molar-refractivity contribution in [3.63, 3.8) is 0 Å². The molecule has 15 heavy (non-hydrogen) atoms. The number of hydrogen-bond donors (Lipinski definition) is 0. The van der Waals surface area contributed by atoms with Crippen molar-refractivity contribution in [2.24, 2.45) is 5.92 Å². The molecular formula is C7H14I2O5S. The fourth-order valence-corrected chi connectivity index (χ4v) is 0.946. The molecule has 0 heterocycles. The predicted octanol–water partition coefficient (Wildman–Crippen LogP) is 1.59. The average molecular weight is 464 g/mol. The van der Waals surface area contributed by atoms with E-state index in [0.717, 1.165) is 6.26 Å². The van der Waals surface area contributed by atoms with Crippen LogP contribution in [-0.2, 0) is 23.8 Å². The lowest BCUT2D eigenvalue weighted by atomic mass is 10.2. The Kier molecular flexibility index (Phi) is 12.2. The summed E-state index contributed by atoms with van der Waals surface area (Å²) in [6.07, 6.45) is 0.928. The Morgan fingerprint density at radius 2 is 1.80 bits per heavy atom. The van der Waals surface area contributed by atoms with Crippen LogP contribution in [0, 0.1) is 5.92 Å². The van der Waals surface area contributed by atoms with E-state index in [-0.39, 0.29) is 6.61 Å². The molecule has 0 saturated carbocycles. The molecule has 0 saturated heterocycles. The maximum atomic E-state index is 10.7. The van der Waals surface area contributed by atoms with Gasteiger partial charge >= 0.3 is 5.97 Å². The Morgan fingerprint density at radius 1 is 1.40 bits per heavy atom. The molecule has 0 aromatic carbocycles. The van der Waals surface area contributed by atoms with Gasteiger partial charge in [0.1, 0.15) is 0 Å². The Labute approximate surface area is 118 Å². The number of rotatable bonds is 4. The van der Waals surface area contributed by atoms with Crippen LogP contribution in [0.5, 0.6) is 0 Å². The number of carbonyl (C=O) groups is 1. The maximum Gasteiger partial charge on any atom is 0.310 e. The summed E-state index contributed by atoms with van der Waals surface area (Å²) in [5.41, 5.74) is 0. The van der Waals surface area contributed by atoms with Crippen LogP contribution in [0.15, 0.2) is 0 Å². The first-order valence-electron chi connectivity index (χ1n) is 3.82. The van der Waals surface area contributed by atoms with Crippen molar-refractivity contribution >= 4 is 61.3 Å². The largest absolute Gasteiger partial charge is 0.469 e. The van der Waals surface area contributed by atoms with E-state index < -0.39 is 22.0 Å². The Morgan fingerprint density at radius 3 is 2.07 bits per heavy atom. The second kappa shape index (κ2) is 10.0. The zero-order chi connectivity index (χ0) is 12.5. The smallest absolute Gasteiger partial charge is 0.310 e. The van der Waals surface area contributed by atoms with Crippen molar-refractivity contribution in [3.05, 3.63) is 0 Å². The second-order valence-electron chi connectivity index (χ2n) is 2.51. The standard InChI is InChI=1S/C6H12O5S.CH2I2/c1-5(6(7)10-2)4-11-12(3,8)9;2-1-3/h5H,4H2,1-3H3;1H2/t5-;/m0./s1. The topological polar surface area (TPSA) is 69.7 Å². The Hall–Kier alpha value is 0.840. The van der Waals surface area contributed by atoms with Crippen LogP contribution in [0.4, 0.5) is 0 Å². The highest BCUT2D eigenvalue weighted by Gasteiger charge is 2.15. The molecule has 0 amide bonds. The summed E-state index contributed by atoms with van der Waals surface area (Å²) >= 11 is 4.55. The van der Waals surface area contributed by atoms with E-state index in [1.165, 1.54) is 16.5 Å². The third-order valence-corrected chi connectivity index (χ3v) is 1.70. The minimum atomic E-state index is -3.47. The monoisotopic (exact) mass is 464 g/mol. The summed E-state index contributed by atoms with van der Waals surface area (Å²) in [5.74, 6) is -1.05. The molecular weight excluding hydrogens is 450 g/mol. The molecule has 0 radical (unpaired) electrons. The van der Waals surface area contributed by atoms with Gasteiger partial charge in [0.05, 0.1) is 28.3 Å². The first-order chi connectivity index (χ1) is 6.78. The molecule has 0 N–H and O–H groups in total. The highest BCUT2D eigenvalue weighted by Crippen LogP contribution is 2.00. The number of esters is 1. The van der Waals surface area contributed by atoms with Gasteiger partial charge in [0.2, 0.25) is 0 Å². The van der Waals surface area contributed by atoms with E-state index >= 15 is 0 Å². The molecule has 5 nitrogen and oxygen atoms in total. The van der Waals surface area contributed by atoms with Gasteiger partial charge in [-0.1, -0.05) is 45.2 Å². The molecule has 1 atom stereocenters. The zero-order valence-electron chi connectivity index (χ0n) is 8.70. The molecule has 0 bridgehead atoms. The zero-order valence-corrected chi connectivity index (χ0v) is 13.8. The Bertz CT molecular complexity index is 265. The van der Waals surface area contributed by atoms with Crippen LogP contribution >= 0.6 is 45.2 Å². The molecule has 0 aliphatic carbocycles. The van der Waals surface area contributed by atoms with Crippen LogP contribution < -0.4 is 0 Å². The third kappa shape index (κ3) is 14.8. The molecule has 0 fully saturated rings. The highest BCUT2D eigenvalue weighted by atomic mass is 127. The number of ether oxygens (including phenoxy) is 1. The summed E-state index contributed by atoms with van der Waals surface area (Å²) in [6, 6.07) is 0. The van der Waals surface area contributed by atoms with Crippen molar-refractivity contribution < 1.29 is 22.1 Å². The molecule has 0 aromatic heterocycles. The van der Waals surface area contributed by atoms with Crippen molar-refractivity contribution in [2.45, 2.75) is 6.92 Å². The van der Waals surface area contributed by atoms with Gasteiger partial charge in [0.25, 0.3) is 10.1 Å². The number of methoxy groups -OCH3 is 1. The Balaban J connectivity index is 0. The van der Waals surface area contributed by atoms with Gasteiger partial charge in [-0.3, -0.25) is 8.98 Å². The van der Waals surface area contributed by atoms with Gasteiger partial charge in [0, 0.05) is 0 Å². The molecule has 92 valence electrons. The SMILES string of the molecule is COC(=O)[C@@H](C)COS(C)(=O)=O.ICI.